The van der Waals surface area contributed by atoms with Gasteiger partial charge in [-0.05, 0) is 49.2 Å². The highest BCUT2D eigenvalue weighted by molar-refractivity contribution is 5.94. The van der Waals surface area contributed by atoms with Crippen molar-refractivity contribution in [2.75, 3.05) is 18.4 Å². The van der Waals surface area contributed by atoms with Crippen molar-refractivity contribution in [1.82, 2.24) is 30.6 Å². The fourth-order valence-electron chi connectivity index (χ4n) is 3.40. The van der Waals surface area contributed by atoms with Crippen molar-refractivity contribution in [2.24, 2.45) is 5.73 Å². The first-order chi connectivity index (χ1) is 14.7. The van der Waals surface area contributed by atoms with Crippen LogP contribution < -0.4 is 21.7 Å². The summed E-state index contributed by atoms with van der Waals surface area (Å²) in [4.78, 5) is 16.8. The average Bonchev–Trinajstić information content (AvgIpc) is 3.28. The highest BCUT2D eigenvalue weighted by Crippen LogP contribution is 2.13. The lowest BCUT2D eigenvalue weighted by Gasteiger charge is -2.23. The lowest BCUT2D eigenvalue weighted by atomic mass is 10.1. The second kappa shape index (κ2) is 9.47. The number of aromatic nitrogens is 4. The Morgan fingerprint density at radius 3 is 2.97 bits per heavy atom. The molecule has 1 fully saturated rings. The van der Waals surface area contributed by atoms with E-state index in [4.69, 9.17) is 5.73 Å². The molecule has 3 heterocycles. The van der Waals surface area contributed by atoms with Gasteiger partial charge in [-0.2, -0.15) is 0 Å². The highest BCUT2D eigenvalue weighted by Gasteiger charge is 2.16. The number of pyridine rings is 1. The molecule has 5 N–H and O–H groups in total. The Labute approximate surface area is 175 Å². The number of hydrogen-bond donors (Lipinski definition) is 4. The Hall–Kier alpha value is -3.30. The number of rotatable bonds is 7. The summed E-state index contributed by atoms with van der Waals surface area (Å²) < 4.78 is 1.71. The summed E-state index contributed by atoms with van der Waals surface area (Å²) in [6.45, 7) is 2.79. The molecule has 1 saturated heterocycles. The zero-order valence-corrected chi connectivity index (χ0v) is 16.7. The number of benzene rings is 1. The number of hydrogen-bond acceptors (Lipinski definition) is 7. The maximum Gasteiger partial charge on any atom is 0.253 e. The van der Waals surface area contributed by atoms with Gasteiger partial charge in [-0.15, -0.1) is 5.10 Å². The van der Waals surface area contributed by atoms with Gasteiger partial charge >= 0.3 is 0 Å². The summed E-state index contributed by atoms with van der Waals surface area (Å²) in [5, 5.41) is 17.8. The number of nitrogens with one attached hydrogen (secondary N) is 3. The van der Waals surface area contributed by atoms with Crippen LogP contribution in [0.25, 0.3) is 5.69 Å². The third-order valence-corrected chi connectivity index (χ3v) is 5.06. The van der Waals surface area contributed by atoms with Crippen LogP contribution in [0.1, 0.15) is 34.5 Å². The van der Waals surface area contributed by atoms with Gasteiger partial charge in [-0.1, -0.05) is 17.3 Å². The SMILES string of the molecule is NCc1cn(-c2cccc(CNc3ccc(C(=O)NC4CCCNC4)cn3)c2)nn1. The molecule has 9 heteroatoms. The van der Waals surface area contributed by atoms with Crippen LogP contribution in [0.15, 0.2) is 48.8 Å². The van der Waals surface area contributed by atoms with Crippen molar-refractivity contribution in [3.63, 3.8) is 0 Å². The summed E-state index contributed by atoms with van der Waals surface area (Å²) in [7, 11) is 0. The van der Waals surface area contributed by atoms with Gasteiger partial charge in [0, 0.05) is 31.9 Å². The Kier molecular flexibility index (Phi) is 6.31. The van der Waals surface area contributed by atoms with E-state index in [1.165, 1.54) is 0 Å². The van der Waals surface area contributed by atoms with E-state index in [0.29, 0.717) is 24.5 Å². The molecular weight excluding hydrogens is 380 g/mol. The molecular formula is C21H26N8O. The monoisotopic (exact) mass is 406 g/mol. The molecule has 156 valence electrons. The smallest absolute Gasteiger partial charge is 0.253 e. The van der Waals surface area contributed by atoms with Crippen LogP contribution in [0, 0.1) is 0 Å². The Morgan fingerprint density at radius 2 is 2.23 bits per heavy atom. The molecule has 3 aromatic rings. The fourth-order valence-corrected chi connectivity index (χ4v) is 3.40. The van der Waals surface area contributed by atoms with E-state index in [9.17, 15) is 4.79 Å². The predicted molar refractivity (Wildman–Crippen MR) is 114 cm³/mol. The van der Waals surface area contributed by atoms with Crippen molar-refractivity contribution in [3.8, 4) is 5.69 Å². The van der Waals surface area contributed by atoms with Crippen molar-refractivity contribution in [3.05, 3.63) is 65.6 Å². The predicted octanol–water partition coefficient (Wildman–Crippen LogP) is 1.21. The quantitative estimate of drug-likeness (QED) is 0.465. The van der Waals surface area contributed by atoms with Gasteiger partial charge in [0.15, 0.2) is 0 Å². The first kappa shape index (κ1) is 20.0. The number of carbonyl (C=O) groups is 1. The molecule has 30 heavy (non-hydrogen) atoms. The van der Waals surface area contributed by atoms with E-state index < -0.39 is 0 Å². The summed E-state index contributed by atoms with van der Waals surface area (Å²) in [6, 6.07) is 11.8. The van der Waals surface area contributed by atoms with Crippen molar-refractivity contribution in [2.45, 2.75) is 32.0 Å². The van der Waals surface area contributed by atoms with Crippen LogP contribution in [0.5, 0.6) is 0 Å². The zero-order valence-electron chi connectivity index (χ0n) is 16.7. The first-order valence-electron chi connectivity index (χ1n) is 10.1. The molecule has 1 aromatic carbocycles. The number of piperidine rings is 1. The number of nitrogens with zero attached hydrogens (tertiary/aromatic N) is 4. The molecule has 1 unspecified atom stereocenters. The van der Waals surface area contributed by atoms with E-state index in [0.717, 1.165) is 42.9 Å². The Morgan fingerprint density at radius 1 is 1.30 bits per heavy atom. The first-order valence-corrected chi connectivity index (χ1v) is 10.1. The highest BCUT2D eigenvalue weighted by atomic mass is 16.1. The summed E-state index contributed by atoms with van der Waals surface area (Å²) in [6.07, 6.45) is 5.51. The molecule has 0 aliphatic carbocycles. The van der Waals surface area contributed by atoms with Gasteiger partial charge in [-0.25, -0.2) is 9.67 Å². The second-order valence-electron chi connectivity index (χ2n) is 7.33. The third kappa shape index (κ3) is 5.00. The fraction of sp³-hybridized carbons (Fsp3) is 0.333. The standard InChI is InChI=1S/C21H26N8O/c22-10-18-14-29(28-27-18)19-5-1-3-15(9-19)11-24-20-7-6-16(12-25-20)21(30)26-17-4-2-8-23-13-17/h1,3,5-7,9,12,14,17,23H,2,4,8,10-11,13,22H2,(H,24,25)(H,26,30). The average molecular weight is 406 g/mol. The van der Waals surface area contributed by atoms with Gasteiger partial charge in [0.1, 0.15) is 5.82 Å². The minimum Gasteiger partial charge on any atom is -0.366 e. The van der Waals surface area contributed by atoms with E-state index in [-0.39, 0.29) is 11.9 Å². The van der Waals surface area contributed by atoms with Crippen LogP contribution >= 0.6 is 0 Å². The van der Waals surface area contributed by atoms with Gasteiger partial charge in [-0.3, -0.25) is 4.79 Å². The molecule has 4 rings (SSSR count). The largest absolute Gasteiger partial charge is 0.366 e. The number of nitrogens with two attached hydrogens (primary N) is 1. The van der Waals surface area contributed by atoms with Crippen molar-refractivity contribution in [1.29, 1.82) is 0 Å². The molecule has 1 aliphatic heterocycles. The topological polar surface area (TPSA) is 123 Å². The minimum atomic E-state index is -0.0832. The molecule has 1 aliphatic rings. The summed E-state index contributed by atoms with van der Waals surface area (Å²) in [5.74, 6) is 0.627. The van der Waals surface area contributed by atoms with Crippen LogP contribution in [-0.4, -0.2) is 45.0 Å². The summed E-state index contributed by atoms with van der Waals surface area (Å²) in [5.41, 5.74) is 8.90. The Bertz CT molecular complexity index is 979. The van der Waals surface area contributed by atoms with E-state index >= 15 is 0 Å². The normalized spacial score (nSPS) is 16.2. The van der Waals surface area contributed by atoms with Crippen molar-refractivity contribution >= 4 is 11.7 Å². The molecule has 0 bridgehead atoms. The maximum absolute atomic E-state index is 12.4. The maximum atomic E-state index is 12.4. The van der Waals surface area contributed by atoms with Crippen LogP contribution in [-0.2, 0) is 13.1 Å². The molecule has 2 aromatic heterocycles. The molecule has 0 saturated carbocycles. The van der Waals surface area contributed by atoms with Crippen LogP contribution in [0.2, 0.25) is 0 Å². The Balaban J connectivity index is 1.34. The molecule has 1 amide bonds. The lowest BCUT2D eigenvalue weighted by Crippen LogP contribution is -2.45. The van der Waals surface area contributed by atoms with Crippen LogP contribution in [0.4, 0.5) is 5.82 Å². The third-order valence-electron chi connectivity index (χ3n) is 5.06. The van der Waals surface area contributed by atoms with Gasteiger partial charge in [0.05, 0.1) is 23.1 Å². The lowest BCUT2D eigenvalue weighted by molar-refractivity contribution is 0.0930. The summed E-state index contributed by atoms with van der Waals surface area (Å²) >= 11 is 0. The molecule has 0 spiro atoms. The van der Waals surface area contributed by atoms with E-state index in [1.807, 2.05) is 36.5 Å². The second-order valence-corrected chi connectivity index (χ2v) is 7.33. The van der Waals surface area contributed by atoms with Crippen LogP contribution in [0.3, 0.4) is 0 Å². The number of carbonyl (C=O) groups excluding carboxylic acids is 1. The molecule has 1 atom stereocenters. The minimum absolute atomic E-state index is 0.0832. The van der Waals surface area contributed by atoms with Crippen molar-refractivity contribution < 1.29 is 4.79 Å². The van der Waals surface area contributed by atoms with E-state index in [2.05, 4.69) is 31.2 Å². The van der Waals surface area contributed by atoms with E-state index in [1.54, 1.807) is 16.9 Å². The number of anilines is 1. The molecule has 0 radical (unpaired) electrons. The van der Waals surface area contributed by atoms with Gasteiger partial charge < -0.3 is 21.7 Å². The zero-order chi connectivity index (χ0) is 20.8. The van der Waals surface area contributed by atoms with Gasteiger partial charge in [0.2, 0.25) is 0 Å². The number of amides is 1. The van der Waals surface area contributed by atoms with Gasteiger partial charge in [0.25, 0.3) is 5.91 Å². The molecule has 9 nitrogen and oxygen atoms in total.